The van der Waals surface area contributed by atoms with Gasteiger partial charge in [0.25, 0.3) is 0 Å². The van der Waals surface area contributed by atoms with Crippen molar-refractivity contribution < 1.29 is 5.11 Å². The van der Waals surface area contributed by atoms with E-state index in [1.54, 1.807) is 0 Å². The Morgan fingerprint density at radius 3 is 2.70 bits per heavy atom. The highest BCUT2D eigenvalue weighted by atomic mass is 16.3. The van der Waals surface area contributed by atoms with Crippen molar-refractivity contribution in [2.24, 2.45) is 5.73 Å². The lowest BCUT2D eigenvalue weighted by Crippen LogP contribution is -2.44. The zero-order valence-corrected chi connectivity index (χ0v) is 11.7. The van der Waals surface area contributed by atoms with Gasteiger partial charge in [-0.1, -0.05) is 42.5 Å². The molecule has 0 radical (unpaired) electrons. The van der Waals surface area contributed by atoms with Crippen LogP contribution in [0, 0.1) is 0 Å². The summed E-state index contributed by atoms with van der Waals surface area (Å²) in [6.07, 6.45) is 0.705. The first kappa shape index (κ1) is 13.6. The quantitative estimate of drug-likeness (QED) is 0.896. The van der Waals surface area contributed by atoms with E-state index in [2.05, 4.69) is 47.4 Å². The summed E-state index contributed by atoms with van der Waals surface area (Å²) in [6, 6.07) is 14.9. The van der Waals surface area contributed by atoms with Crippen LogP contribution in [0.5, 0.6) is 0 Å². The number of nitrogens with zero attached hydrogens (tertiary/aromatic N) is 1. The maximum atomic E-state index is 10.4. The van der Waals surface area contributed by atoms with Crippen LogP contribution in [-0.4, -0.2) is 42.3 Å². The molecule has 1 aliphatic heterocycles. The lowest BCUT2D eigenvalue weighted by Gasteiger charge is -2.36. The largest absolute Gasteiger partial charge is 0.391 e. The minimum atomic E-state index is -0.295. The van der Waals surface area contributed by atoms with Crippen molar-refractivity contribution in [1.29, 1.82) is 0 Å². The molecule has 0 aliphatic carbocycles. The van der Waals surface area contributed by atoms with Gasteiger partial charge in [-0.2, -0.15) is 0 Å². The van der Waals surface area contributed by atoms with Gasteiger partial charge in [-0.05, 0) is 29.3 Å². The molecule has 1 aliphatic rings. The third kappa shape index (κ3) is 2.70. The van der Waals surface area contributed by atoms with Crippen molar-refractivity contribution >= 4 is 10.8 Å². The second-order valence-corrected chi connectivity index (χ2v) is 5.66. The number of aliphatic hydroxyl groups excluding tert-OH is 1. The van der Waals surface area contributed by atoms with E-state index < -0.39 is 0 Å². The summed E-state index contributed by atoms with van der Waals surface area (Å²) >= 11 is 0. The Balaban J connectivity index is 1.81. The minimum absolute atomic E-state index is 0.244. The summed E-state index contributed by atoms with van der Waals surface area (Å²) in [4.78, 5) is 2.25. The summed E-state index contributed by atoms with van der Waals surface area (Å²) in [6.45, 7) is 3.29. The van der Waals surface area contributed by atoms with Gasteiger partial charge in [0.1, 0.15) is 0 Å². The molecule has 2 atom stereocenters. The number of benzene rings is 2. The van der Waals surface area contributed by atoms with Crippen LogP contribution in [0.4, 0.5) is 0 Å². The number of likely N-dealkylation sites (tertiary alicyclic amines) is 1. The van der Waals surface area contributed by atoms with E-state index >= 15 is 0 Å². The van der Waals surface area contributed by atoms with Gasteiger partial charge < -0.3 is 10.8 Å². The predicted molar refractivity (Wildman–Crippen MR) is 82.8 cm³/mol. The molecule has 3 N–H and O–H groups in total. The van der Waals surface area contributed by atoms with Gasteiger partial charge in [0.15, 0.2) is 0 Å². The molecule has 3 rings (SSSR count). The van der Waals surface area contributed by atoms with E-state index in [0.29, 0.717) is 6.54 Å². The number of rotatable bonds is 3. The summed E-state index contributed by atoms with van der Waals surface area (Å²) in [5, 5.41) is 12.9. The fourth-order valence-electron chi connectivity index (χ4n) is 3.21. The first-order chi connectivity index (χ1) is 9.78. The number of β-amino-alcohol motifs (C(OH)–C–C–N with tert-alkyl or cyclic N) is 1. The highest BCUT2D eigenvalue weighted by Crippen LogP contribution is 2.30. The zero-order valence-electron chi connectivity index (χ0n) is 11.7. The van der Waals surface area contributed by atoms with Crippen molar-refractivity contribution in [3.8, 4) is 0 Å². The Kier molecular flexibility index (Phi) is 4.01. The summed E-state index contributed by atoms with van der Waals surface area (Å²) in [5.41, 5.74) is 6.84. The Bertz CT molecular complexity index is 584. The molecule has 2 aromatic rings. The number of piperidine rings is 1. The van der Waals surface area contributed by atoms with Crippen molar-refractivity contribution in [2.75, 3.05) is 26.2 Å². The lowest BCUT2D eigenvalue weighted by atomic mass is 9.86. The molecule has 106 valence electrons. The van der Waals surface area contributed by atoms with E-state index in [-0.39, 0.29) is 12.0 Å². The van der Waals surface area contributed by atoms with Crippen molar-refractivity contribution in [3.05, 3.63) is 48.0 Å². The number of fused-ring (bicyclic) bond motifs is 1. The van der Waals surface area contributed by atoms with Crippen LogP contribution in [0.3, 0.4) is 0 Å². The van der Waals surface area contributed by atoms with Gasteiger partial charge in [0.2, 0.25) is 0 Å². The second-order valence-electron chi connectivity index (χ2n) is 5.66. The molecule has 1 heterocycles. The van der Waals surface area contributed by atoms with Crippen LogP contribution >= 0.6 is 0 Å². The molecular formula is C17H22N2O. The topological polar surface area (TPSA) is 49.5 Å². The fraction of sp³-hybridized carbons (Fsp3) is 0.412. The van der Waals surface area contributed by atoms with Gasteiger partial charge in [-0.25, -0.2) is 0 Å². The Hall–Kier alpha value is -1.42. The number of aliphatic hydroxyl groups is 1. The van der Waals surface area contributed by atoms with E-state index in [4.69, 9.17) is 5.73 Å². The van der Waals surface area contributed by atoms with Crippen molar-refractivity contribution in [1.82, 2.24) is 4.90 Å². The van der Waals surface area contributed by atoms with E-state index in [1.807, 2.05) is 0 Å². The first-order valence-electron chi connectivity index (χ1n) is 7.37. The lowest BCUT2D eigenvalue weighted by molar-refractivity contribution is 0.0529. The molecule has 0 amide bonds. The SMILES string of the molecule is NCCN1CC[C@@H](c2ccc3ccccc3c2)[C@H](O)C1. The fourth-order valence-corrected chi connectivity index (χ4v) is 3.21. The van der Waals surface area contributed by atoms with Gasteiger partial charge in [0.05, 0.1) is 6.10 Å². The first-order valence-corrected chi connectivity index (χ1v) is 7.37. The van der Waals surface area contributed by atoms with Gasteiger partial charge in [0, 0.05) is 25.6 Å². The monoisotopic (exact) mass is 270 g/mol. The third-order valence-corrected chi connectivity index (χ3v) is 4.31. The summed E-state index contributed by atoms with van der Waals surface area (Å²) in [7, 11) is 0. The average Bonchev–Trinajstić information content (AvgIpc) is 2.47. The Labute approximate surface area is 120 Å². The minimum Gasteiger partial charge on any atom is -0.391 e. The summed E-state index contributed by atoms with van der Waals surface area (Å²) in [5.74, 6) is 0.244. The highest BCUT2D eigenvalue weighted by Gasteiger charge is 2.28. The van der Waals surface area contributed by atoms with Crippen LogP contribution in [-0.2, 0) is 0 Å². The molecule has 1 saturated heterocycles. The van der Waals surface area contributed by atoms with Gasteiger partial charge in [-0.3, -0.25) is 4.90 Å². The molecule has 1 fully saturated rings. The van der Waals surface area contributed by atoms with E-state index in [9.17, 15) is 5.11 Å². The molecule has 0 bridgehead atoms. The smallest absolute Gasteiger partial charge is 0.0735 e. The molecule has 0 aromatic heterocycles. The third-order valence-electron chi connectivity index (χ3n) is 4.31. The van der Waals surface area contributed by atoms with Crippen LogP contribution in [0.2, 0.25) is 0 Å². The number of nitrogens with two attached hydrogens (primary N) is 1. The van der Waals surface area contributed by atoms with Crippen LogP contribution in [0.15, 0.2) is 42.5 Å². The molecule has 0 saturated carbocycles. The highest BCUT2D eigenvalue weighted by molar-refractivity contribution is 5.83. The average molecular weight is 270 g/mol. The van der Waals surface area contributed by atoms with E-state index in [1.165, 1.54) is 16.3 Å². The van der Waals surface area contributed by atoms with Crippen LogP contribution in [0.25, 0.3) is 10.8 Å². The molecule has 3 heteroatoms. The van der Waals surface area contributed by atoms with Crippen molar-refractivity contribution in [2.45, 2.75) is 18.4 Å². The van der Waals surface area contributed by atoms with Crippen molar-refractivity contribution in [3.63, 3.8) is 0 Å². The van der Waals surface area contributed by atoms with Gasteiger partial charge in [-0.15, -0.1) is 0 Å². The number of hydrogen-bond acceptors (Lipinski definition) is 3. The maximum Gasteiger partial charge on any atom is 0.0735 e. The molecular weight excluding hydrogens is 248 g/mol. The Morgan fingerprint density at radius 2 is 1.95 bits per heavy atom. The second kappa shape index (κ2) is 5.92. The predicted octanol–water partition coefficient (Wildman–Crippen LogP) is 1.95. The normalized spacial score (nSPS) is 24.1. The molecule has 3 nitrogen and oxygen atoms in total. The van der Waals surface area contributed by atoms with Crippen LogP contribution in [0.1, 0.15) is 17.9 Å². The standard InChI is InChI=1S/C17H22N2O/c18-8-10-19-9-7-16(17(20)12-19)15-6-5-13-3-1-2-4-14(13)11-15/h1-6,11,16-17,20H,7-10,12,18H2/t16-,17+/m0/s1. The molecule has 20 heavy (non-hydrogen) atoms. The van der Waals surface area contributed by atoms with Crippen LogP contribution < -0.4 is 5.73 Å². The molecule has 0 spiro atoms. The molecule has 0 unspecified atom stereocenters. The maximum absolute atomic E-state index is 10.4. The Morgan fingerprint density at radius 1 is 1.15 bits per heavy atom. The van der Waals surface area contributed by atoms with E-state index in [0.717, 1.165) is 26.1 Å². The summed E-state index contributed by atoms with van der Waals surface area (Å²) < 4.78 is 0. The zero-order chi connectivity index (χ0) is 13.9. The number of hydrogen-bond donors (Lipinski definition) is 2. The molecule has 2 aromatic carbocycles. The van der Waals surface area contributed by atoms with Gasteiger partial charge >= 0.3 is 0 Å².